The van der Waals surface area contributed by atoms with Gasteiger partial charge in [-0.05, 0) is 86.4 Å². The van der Waals surface area contributed by atoms with Gasteiger partial charge in [0.2, 0.25) is 17.7 Å². The molecule has 4 aliphatic carbocycles. The standard InChI is InChI=1S/C47H55BrF2N3O13P/c1-25(16-36(55)26(2)52-40(58)13-15-51-41(59)23-48)42(60)53-30-7-5-6-28(18-30)17-27-8-10-29(11-9-27)43-65-39-21-32-33-20-35(49)34-19-31(54)12-14-44(34,3)46(33,50)37(56)22-45(32,4)47(39,66-43)38(57)24-64-67(61,62)63/h5-12,14,18-19,25-26,32-33,35,37,39,43,56H,13,15-17,20-24H2,1-4H3,(H,51,59)(H,52,58)(H,53,60)(H2,61,62,63)/t25-,26+,32+,33+,35+,37+,39-,43-,44+,45+,46+,47-/m1/s1. The largest absolute Gasteiger partial charge is 0.470 e. The fraction of sp³-hybridized carbons (Fsp3) is 0.532. The number of phosphoric acid groups is 1. The number of ether oxygens (including phenoxy) is 2. The van der Waals surface area contributed by atoms with E-state index in [1.165, 1.54) is 19.9 Å². The maximum absolute atomic E-state index is 17.9. The minimum absolute atomic E-state index is 0.00684. The summed E-state index contributed by atoms with van der Waals surface area (Å²) in [4.78, 5) is 95.3. The van der Waals surface area contributed by atoms with Crippen LogP contribution in [-0.2, 0) is 53.8 Å². The molecule has 5 aliphatic rings. The zero-order chi connectivity index (χ0) is 48.9. The highest BCUT2D eigenvalue weighted by atomic mass is 79.9. The summed E-state index contributed by atoms with van der Waals surface area (Å²) in [5.41, 5.74) is -4.98. The van der Waals surface area contributed by atoms with Crippen LogP contribution in [0.1, 0.15) is 82.8 Å². The van der Waals surface area contributed by atoms with Crippen LogP contribution in [-0.4, -0.2) is 104 Å². The molecule has 0 radical (unpaired) electrons. The van der Waals surface area contributed by atoms with E-state index in [2.05, 4.69) is 36.4 Å². The van der Waals surface area contributed by atoms with Crippen molar-refractivity contribution < 1.29 is 71.0 Å². The van der Waals surface area contributed by atoms with E-state index in [1.54, 1.807) is 44.2 Å². The normalized spacial score (nSPS) is 32.7. The van der Waals surface area contributed by atoms with Crippen molar-refractivity contribution in [3.63, 3.8) is 0 Å². The lowest BCUT2D eigenvalue weighted by Gasteiger charge is -2.63. The van der Waals surface area contributed by atoms with Crippen LogP contribution in [0, 0.1) is 28.6 Å². The molecule has 4 fully saturated rings. The first-order valence-corrected chi connectivity index (χ1v) is 24.8. The lowest BCUT2D eigenvalue weighted by Crippen LogP contribution is -2.70. The number of amides is 3. The van der Waals surface area contributed by atoms with Gasteiger partial charge in [0.25, 0.3) is 0 Å². The number of aliphatic hydroxyl groups is 1. The van der Waals surface area contributed by atoms with Crippen LogP contribution < -0.4 is 16.0 Å². The van der Waals surface area contributed by atoms with Crippen molar-refractivity contribution in [2.75, 3.05) is 23.8 Å². The summed E-state index contributed by atoms with van der Waals surface area (Å²) in [6, 6.07) is 13.4. The number of phosphoric ester groups is 1. The molecule has 362 valence electrons. The smallest absolute Gasteiger partial charge is 0.390 e. The zero-order valence-corrected chi connectivity index (χ0v) is 39.8. The van der Waals surface area contributed by atoms with Crippen molar-refractivity contribution >= 4 is 64.5 Å². The summed E-state index contributed by atoms with van der Waals surface area (Å²) in [5, 5.41) is 20.0. The molecule has 12 atom stereocenters. The SMILES string of the molecule is C[C@H](CC(=O)[C@H](C)NC(=O)CCNC(=O)CBr)C(=O)Nc1cccc(Cc2ccc([C@@H]3O[C@@H]4C[C@H]5[C@@H]6C[C@H](F)C7=CC(=O)C=C[C@]7(C)[C@@]6(F)[C@@H](O)C[C@]5(C)[C@]4(C(=O)COP(=O)(O)O)O3)cc2)c1. The van der Waals surface area contributed by atoms with E-state index in [0.29, 0.717) is 17.7 Å². The maximum Gasteiger partial charge on any atom is 0.470 e. The number of hydrogen-bond donors (Lipinski definition) is 6. The molecule has 2 aromatic rings. The number of Topliss-reactive ketones (excluding diaryl/α,β-unsaturated/α-hetero) is 2. The number of aliphatic hydroxyl groups excluding tert-OH is 1. The molecule has 1 aliphatic heterocycles. The second-order valence-corrected chi connectivity index (χ2v) is 20.6. The Morgan fingerprint density at radius 3 is 2.42 bits per heavy atom. The van der Waals surface area contributed by atoms with Crippen LogP contribution in [0.5, 0.6) is 0 Å². The van der Waals surface area contributed by atoms with Crippen molar-refractivity contribution in [3.05, 3.63) is 89.0 Å². The highest BCUT2D eigenvalue weighted by Crippen LogP contribution is 2.72. The quantitative estimate of drug-likeness (QED) is 0.0907. The van der Waals surface area contributed by atoms with E-state index >= 15 is 8.78 Å². The molecule has 0 spiro atoms. The molecule has 1 saturated heterocycles. The number of halogens is 3. The lowest BCUT2D eigenvalue weighted by molar-refractivity contribution is -0.235. The molecule has 16 nitrogen and oxygen atoms in total. The summed E-state index contributed by atoms with van der Waals surface area (Å²) >= 11 is 3.02. The van der Waals surface area contributed by atoms with E-state index in [4.69, 9.17) is 9.47 Å². The third-order valence-electron chi connectivity index (χ3n) is 14.6. The van der Waals surface area contributed by atoms with Crippen LogP contribution in [0.25, 0.3) is 0 Å². The van der Waals surface area contributed by atoms with Gasteiger partial charge < -0.3 is 40.3 Å². The minimum atomic E-state index is -5.16. The van der Waals surface area contributed by atoms with Gasteiger partial charge in [0.05, 0.1) is 23.6 Å². The molecule has 1 heterocycles. The lowest BCUT2D eigenvalue weighted by atomic mass is 9.44. The fourth-order valence-electron chi connectivity index (χ4n) is 11.2. The minimum Gasteiger partial charge on any atom is -0.390 e. The number of ketones is 3. The molecular weight excluding hydrogens is 963 g/mol. The molecule has 67 heavy (non-hydrogen) atoms. The number of anilines is 1. The Morgan fingerprint density at radius 2 is 1.73 bits per heavy atom. The van der Waals surface area contributed by atoms with Crippen LogP contribution in [0.2, 0.25) is 0 Å². The monoisotopic (exact) mass is 1020 g/mol. The van der Waals surface area contributed by atoms with Gasteiger partial charge in [-0.25, -0.2) is 13.3 Å². The number of rotatable bonds is 17. The number of benzene rings is 2. The van der Waals surface area contributed by atoms with Gasteiger partial charge in [-0.2, -0.15) is 0 Å². The van der Waals surface area contributed by atoms with Gasteiger partial charge in [-0.3, -0.25) is 33.3 Å². The summed E-state index contributed by atoms with van der Waals surface area (Å²) in [6.07, 6.45) is -2.73. The Bertz CT molecular complexity index is 2430. The third kappa shape index (κ3) is 9.55. The number of fused-ring (bicyclic) bond motifs is 7. The third-order valence-corrected chi connectivity index (χ3v) is 15.6. The Morgan fingerprint density at radius 1 is 1.01 bits per heavy atom. The molecule has 6 N–H and O–H groups in total. The molecule has 20 heteroatoms. The highest BCUT2D eigenvalue weighted by Gasteiger charge is 2.80. The van der Waals surface area contributed by atoms with E-state index in [0.717, 1.165) is 23.3 Å². The molecule has 0 unspecified atom stereocenters. The maximum atomic E-state index is 17.9. The first-order valence-electron chi connectivity index (χ1n) is 22.1. The van der Waals surface area contributed by atoms with E-state index in [1.807, 2.05) is 18.2 Å². The van der Waals surface area contributed by atoms with E-state index in [-0.39, 0.29) is 54.8 Å². The second-order valence-electron chi connectivity index (χ2n) is 18.8. The number of nitrogens with one attached hydrogen (secondary N) is 3. The molecule has 2 aromatic carbocycles. The molecular formula is C47H55BrF2N3O13P. The van der Waals surface area contributed by atoms with Gasteiger partial charge in [-0.1, -0.05) is 72.3 Å². The summed E-state index contributed by atoms with van der Waals surface area (Å²) in [5.74, 6) is -5.49. The fourth-order valence-corrected chi connectivity index (χ4v) is 11.7. The van der Waals surface area contributed by atoms with Crippen LogP contribution in [0.15, 0.2) is 72.3 Å². The number of hydrogen-bond acceptors (Lipinski definition) is 11. The first kappa shape index (κ1) is 50.5. The molecule has 3 saturated carbocycles. The van der Waals surface area contributed by atoms with Crippen molar-refractivity contribution in [1.82, 2.24) is 10.6 Å². The van der Waals surface area contributed by atoms with Gasteiger partial charge in [0.1, 0.15) is 12.8 Å². The number of allylic oxidation sites excluding steroid dienone is 4. The molecule has 0 aromatic heterocycles. The van der Waals surface area contributed by atoms with Crippen molar-refractivity contribution in [2.45, 2.75) is 108 Å². The molecule has 3 amide bonds. The van der Waals surface area contributed by atoms with Gasteiger partial charge >= 0.3 is 7.82 Å². The average Bonchev–Trinajstić information content (AvgIpc) is 3.77. The van der Waals surface area contributed by atoms with E-state index < -0.39 is 115 Å². The van der Waals surface area contributed by atoms with Crippen molar-refractivity contribution in [3.8, 4) is 0 Å². The number of carbonyl (C=O) groups is 6. The predicted octanol–water partition coefficient (Wildman–Crippen LogP) is 4.98. The Labute approximate surface area is 394 Å². The van der Waals surface area contributed by atoms with Gasteiger partial charge in [0.15, 0.2) is 34.9 Å². The number of carbonyl (C=O) groups excluding carboxylic acids is 6. The van der Waals surface area contributed by atoms with E-state index in [9.17, 15) is 48.2 Å². The summed E-state index contributed by atoms with van der Waals surface area (Å²) in [6.45, 7) is 5.26. The van der Waals surface area contributed by atoms with Crippen LogP contribution in [0.4, 0.5) is 14.5 Å². The molecule has 7 rings (SSSR count). The van der Waals surface area contributed by atoms with Crippen molar-refractivity contribution in [2.24, 2.45) is 28.6 Å². The Hall–Kier alpha value is -4.33. The Balaban J connectivity index is 1.02. The highest BCUT2D eigenvalue weighted by molar-refractivity contribution is 9.09. The van der Waals surface area contributed by atoms with Gasteiger partial charge in [0, 0.05) is 53.3 Å². The topological polar surface area (TPSA) is 244 Å². The Kier molecular flexibility index (Phi) is 14.5. The summed E-state index contributed by atoms with van der Waals surface area (Å²) in [7, 11) is -5.16. The van der Waals surface area contributed by atoms with Crippen LogP contribution >= 0.6 is 23.8 Å². The van der Waals surface area contributed by atoms with Gasteiger partial charge in [-0.15, -0.1) is 0 Å². The zero-order valence-electron chi connectivity index (χ0n) is 37.3. The van der Waals surface area contributed by atoms with Crippen molar-refractivity contribution in [1.29, 1.82) is 0 Å². The first-order chi connectivity index (χ1) is 31.4. The summed E-state index contributed by atoms with van der Waals surface area (Å²) < 4.78 is 63.5. The number of alkyl halides is 3. The predicted molar refractivity (Wildman–Crippen MR) is 241 cm³/mol. The van der Waals surface area contributed by atoms with Crippen LogP contribution in [0.3, 0.4) is 0 Å². The molecule has 0 bridgehead atoms. The second kappa shape index (κ2) is 19.2. The average molecular weight is 1020 g/mol.